The number of aromatic nitrogens is 2. The molecule has 0 saturated carbocycles. The zero-order valence-electron chi connectivity index (χ0n) is 14.7. The summed E-state index contributed by atoms with van der Waals surface area (Å²) in [6.07, 6.45) is 0.826. The first-order chi connectivity index (χ1) is 13.0. The molecule has 0 saturated heterocycles. The Bertz CT molecular complexity index is 1200. The van der Waals surface area contributed by atoms with E-state index in [-0.39, 0.29) is 17.9 Å². The second-order valence-electron chi connectivity index (χ2n) is 6.03. The lowest BCUT2D eigenvalue weighted by molar-refractivity contribution is 0.0660. The number of nitrogens with zero attached hydrogens (tertiary/aromatic N) is 2. The molecule has 0 radical (unpaired) electrons. The highest BCUT2D eigenvalue weighted by molar-refractivity contribution is 7.20. The smallest absolute Gasteiger partial charge is 0.371 e. The van der Waals surface area contributed by atoms with Crippen LogP contribution < -0.4 is 5.56 Å². The highest BCUT2D eigenvalue weighted by atomic mass is 32.1. The first-order valence-electron chi connectivity index (χ1n) is 8.38. The molecule has 1 N–H and O–H groups in total. The summed E-state index contributed by atoms with van der Waals surface area (Å²) in [4.78, 5) is 31.9. The number of aromatic carboxylic acids is 1. The van der Waals surface area contributed by atoms with E-state index in [0.29, 0.717) is 17.0 Å². The highest BCUT2D eigenvalue weighted by Crippen LogP contribution is 2.38. The third kappa shape index (κ3) is 3.00. The van der Waals surface area contributed by atoms with Gasteiger partial charge in [0.2, 0.25) is 5.76 Å². The predicted octanol–water partition coefficient (Wildman–Crippen LogP) is 4.40. The van der Waals surface area contributed by atoms with Gasteiger partial charge in [-0.2, -0.15) is 0 Å². The SMILES string of the molecule is CCc1sc2nc(C)n(Cc3ccc(C(=O)O)o3)c(=O)c2c1-c1cccs1. The Morgan fingerprint density at radius 3 is 2.78 bits per heavy atom. The number of carboxylic acids is 1. The first kappa shape index (κ1) is 17.7. The fraction of sp³-hybridized carbons (Fsp3) is 0.211. The molecule has 4 aromatic rings. The van der Waals surface area contributed by atoms with Crippen molar-refractivity contribution < 1.29 is 14.3 Å². The van der Waals surface area contributed by atoms with Crippen molar-refractivity contribution in [1.29, 1.82) is 0 Å². The molecule has 138 valence electrons. The van der Waals surface area contributed by atoms with Crippen LogP contribution in [0, 0.1) is 6.92 Å². The predicted molar refractivity (Wildman–Crippen MR) is 106 cm³/mol. The average Bonchev–Trinajstić information content (AvgIpc) is 3.36. The number of carboxylic acid groups (broad SMARTS) is 1. The number of aryl methyl sites for hydroxylation is 2. The van der Waals surface area contributed by atoms with Crippen molar-refractivity contribution in [3.8, 4) is 10.4 Å². The van der Waals surface area contributed by atoms with Crippen molar-refractivity contribution in [1.82, 2.24) is 9.55 Å². The number of hydrogen-bond donors (Lipinski definition) is 1. The van der Waals surface area contributed by atoms with Gasteiger partial charge in [-0.15, -0.1) is 22.7 Å². The quantitative estimate of drug-likeness (QED) is 0.537. The van der Waals surface area contributed by atoms with Crippen LogP contribution in [0.5, 0.6) is 0 Å². The van der Waals surface area contributed by atoms with Crippen LogP contribution >= 0.6 is 22.7 Å². The van der Waals surface area contributed by atoms with Gasteiger partial charge in [0.15, 0.2) is 0 Å². The van der Waals surface area contributed by atoms with Gasteiger partial charge >= 0.3 is 5.97 Å². The van der Waals surface area contributed by atoms with E-state index in [1.54, 1.807) is 35.7 Å². The molecule has 4 heterocycles. The molecule has 4 aromatic heterocycles. The van der Waals surface area contributed by atoms with Gasteiger partial charge < -0.3 is 9.52 Å². The molecule has 0 aliphatic heterocycles. The number of fused-ring (bicyclic) bond motifs is 1. The molecule has 0 fully saturated rings. The Labute approximate surface area is 162 Å². The third-order valence-corrected chi connectivity index (χ3v) is 6.47. The Morgan fingerprint density at radius 1 is 1.33 bits per heavy atom. The van der Waals surface area contributed by atoms with Crippen LogP contribution in [0.15, 0.2) is 38.9 Å². The molecular formula is C19H16N2O4S2. The molecule has 0 aromatic carbocycles. The molecule has 0 aliphatic rings. The van der Waals surface area contributed by atoms with Gasteiger partial charge in [-0.25, -0.2) is 9.78 Å². The summed E-state index contributed by atoms with van der Waals surface area (Å²) >= 11 is 3.16. The van der Waals surface area contributed by atoms with Crippen molar-refractivity contribution in [2.75, 3.05) is 0 Å². The summed E-state index contributed by atoms with van der Waals surface area (Å²) in [6.45, 7) is 3.99. The van der Waals surface area contributed by atoms with Crippen molar-refractivity contribution in [3.63, 3.8) is 0 Å². The van der Waals surface area contributed by atoms with Crippen LogP contribution in [0.2, 0.25) is 0 Å². The molecule has 0 bridgehead atoms. The maximum Gasteiger partial charge on any atom is 0.371 e. The second-order valence-corrected chi connectivity index (χ2v) is 8.06. The Morgan fingerprint density at radius 2 is 2.15 bits per heavy atom. The topological polar surface area (TPSA) is 85.3 Å². The van der Waals surface area contributed by atoms with Gasteiger partial charge in [-0.3, -0.25) is 9.36 Å². The van der Waals surface area contributed by atoms with Gasteiger partial charge in [-0.05, 0) is 36.9 Å². The Kier molecular flexibility index (Phi) is 4.45. The maximum atomic E-state index is 13.3. The summed E-state index contributed by atoms with van der Waals surface area (Å²) in [5.74, 6) is -0.304. The molecular weight excluding hydrogens is 384 g/mol. The van der Waals surface area contributed by atoms with E-state index in [1.807, 2.05) is 17.5 Å². The van der Waals surface area contributed by atoms with E-state index >= 15 is 0 Å². The van der Waals surface area contributed by atoms with E-state index in [2.05, 4.69) is 11.9 Å². The molecule has 27 heavy (non-hydrogen) atoms. The third-order valence-electron chi connectivity index (χ3n) is 4.35. The van der Waals surface area contributed by atoms with Crippen LogP contribution in [0.1, 0.15) is 33.9 Å². The minimum atomic E-state index is -1.13. The lowest BCUT2D eigenvalue weighted by atomic mass is 10.1. The zero-order valence-corrected chi connectivity index (χ0v) is 16.3. The summed E-state index contributed by atoms with van der Waals surface area (Å²) < 4.78 is 6.86. The molecule has 4 rings (SSSR count). The monoisotopic (exact) mass is 400 g/mol. The van der Waals surface area contributed by atoms with E-state index in [1.165, 1.54) is 10.6 Å². The maximum absolute atomic E-state index is 13.3. The number of carbonyl (C=O) groups is 1. The summed E-state index contributed by atoms with van der Waals surface area (Å²) in [6, 6.07) is 6.95. The number of hydrogen-bond acceptors (Lipinski definition) is 6. The summed E-state index contributed by atoms with van der Waals surface area (Å²) in [5, 5.41) is 11.6. The van der Waals surface area contributed by atoms with Gasteiger partial charge in [0.25, 0.3) is 5.56 Å². The van der Waals surface area contributed by atoms with Gasteiger partial charge in [-0.1, -0.05) is 13.0 Å². The summed E-state index contributed by atoms with van der Waals surface area (Å²) in [5.41, 5.74) is 0.828. The van der Waals surface area contributed by atoms with Crippen LogP contribution in [-0.4, -0.2) is 20.6 Å². The van der Waals surface area contributed by atoms with Crippen LogP contribution in [0.4, 0.5) is 0 Å². The highest BCUT2D eigenvalue weighted by Gasteiger charge is 2.21. The fourth-order valence-corrected chi connectivity index (χ4v) is 5.11. The Balaban J connectivity index is 1.90. The molecule has 8 heteroatoms. The average molecular weight is 400 g/mol. The van der Waals surface area contributed by atoms with E-state index < -0.39 is 5.97 Å². The lowest BCUT2D eigenvalue weighted by Crippen LogP contribution is -2.24. The number of thiophene rings is 2. The normalized spacial score (nSPS) is 11.3. The standard InChI is InChI=1S/C19H16N2O4S2/c1-3-13-15(14-5-4-8-26-14)16-17(27-13)20-10(2)21(18(16)22)9-11-6-7-12(25-11)19(23)24/h4-8H,3,9H2,1-2H3,(H,23,24). The first-order valence-corrected chi connectivity index (χ1v) is 10.1. The summed E-state index contributed by atoms with van der Waals surface area (Å²) in [7, 11) is 0. The molecule has 0 aliphatic carbocycles. The van der Waals surface area contributed by atoms with Gasteiger partial charge in [0.05, 0.1) is 11.9 Å². The van der Waals surface area contributed by atoms with Gasteiger partial charge in [0, 0.05) is 15.3 Å². The molecule has 0 atom stereocenters. The van der Waals surface area contributed by atoms with Crippen LogP contribution in [0.3, 0.4) is 0 Å². The van der Waals surface area contributed by atoms with E-state index in [9.17, 15) is 9.59 Å². The molecule has 0 amide bonds. The van der Waals surface area contributed by atoms with Crippen LogP contribution in [-0.2, 0) is 13.0 Å². The minimum absolute atomic E-state index is 0.134. The second kappa shape index (κ2) is 6.79. The number of furan rings is 1. The van der Waals surface area contributed by atoms with E-state index in [4.69, 9.17) is 9.52 Å². The zero-order chi connectivity index (χ0) is 19.1. The van der Waals surface area contributed by atoms with Crippen molar-refractivity contribution in [3.05, 3.63) is 62.2 Å². The largest absolute Gasteiger partial charge is 0.475 e. The van der Waals surface area contributed by atoms with Crippen molar-refractivity contribution in [2.45, 2.75) is 26.8 Å². The van der Waals surface area contributed by atoms with Gasteiger partial charge in [0.1, 0.15) is 16.4 Å². The van der Waals surface area contributed by atoms with Crippen LogP contribution in [0.25, 0.3) is 20.7 Å². The molecule has 6 nitrogen and oxygen atoms in total. The molecule has 0 unspecified atom stereocenters. The minimum Gasteiger partial charge on any atom is -0.475 e. The molecule has 0 spiro atoms. The van der Waals surface area contributed by atoms with Crippen molar-refractivity contribution in [2.24, 2.45) is 0 Å². The Hall–Kier alpha value is -2.71. The fourth-order valence-electron chi connectivity index (χ4n) is 3.08. The van der Waals surface area contributed by atoms with E-state index in [0.717, 1.165) is 26.6 Å². The number of rotatable bonds is 5. The van der Waals surface area contributed by atoms with Crippen molar-refractivity contribution >= 4 is 38.9 Å². The lowest BCUT2D eigenvalue weighted by Gasteiger charge is -2.08.